The van der Waals surface area contributed by atoms with Crippen LogP contribution in [0.25, 0.3) is 23.0 Å². The molecule has 0 radical (unpaired) electrons. The van der Waals surface area contributed by atoms with Crippen LogP contribution < -0.4 is 10.1 Å². The van der Waals surface area contributed by atoms with Crippen molar-refractivity contribution in [3.8, 4) is 28.8 Å². The maximum Gasteiger partial charge on any atom is 0.262 e. The Labute approximate surface area is 204 Å². The molecule has 7 nitrogen and oxygen atoms in total. The number of carbonyl (C=O) groups excluding carboxylic acids is 1. The molecule has 0 saturated carbocycles. The van der Waals surface area contributed by atoms with Crippen molar-refractivity contribution in [2.45, 2.75) is 20.4 Å². The molecule has 0 fully saturated rings. The van der Waals surface area contributed by atoms with E-state index in [2.05, 4.69) is 10.3 Å². The van der Waals surface area contributed by atoms with Gasteiger partial charge in [-0.25, -0.2) is 4.68 Å². The van der Waals surface area contributed by atoms with Gasteiger partial charge in [-0.3, -0.25) is 9.78 Å². The van der Waals surface area contributed by atoms with Crippen LogP contribution in [0.5, 0.6) is 5.75 Å². The van der Waals surface area contributed by atoms with E-state index in [4.69, 9.17) is 9.84 Å². The first-order chi connectivity index (χ1) is 17.1. The third-order valence-electron chi connectivity index (χ3n) is 5.35. The third-order valence-corrected chi connectivity index (χ3v) is 5.35. The predicted octanol–water partition coefficient (Wildman–Crippen LogP) is 4.86. The van der Waals surface area contributed by atoms with Crippen LogP contribution in [0.4, 0.5) is 0 Å². The summed E-state index contributed by atoms with van der Waals surface area (Å²) in [5.41, 5.74) is 4.86. The van der Waals surface area contributed by atoms with Gasteiger partial charge >= 0.3 is 0 Å². The molecule has 2 heterocycles. The molecule has 0 spiro atoms. The number of ether oxygens (including phenoxy) is 1. The average molecular weight is 464 g/mol. The molecule has 0 aliphatic heterocycles. The summed E-state index contributed by atoms with van der Waals surface area (Å²) < 4.78 is 7.42. The summed E-state index contributed by atoms with van der Waals surface area (Å²) >= 11 is 0. The number of hydrogen-bond acceptors (Lipinski definition) is 5. The zero-order chi connectivity index (χ0) is 24.6. The van der Waals surface area contributed by atoms with Gasteiger partial charge in [0, 0.05) is 36.3 Å². The van der Waals surface area contributed by atoms with Crippen LogP contribution in [0.1, 0.15) is 23.6 Å². The van der Waals surface area contributed by atoms with E-state index in [-0.39, 0.29) is 12.1 Å². The van der Waals surface area contributed by atoms with Crippen molar-refractivity contribution in [1.82, 2.24) is 20.1 Å². The van der Waals surface area contributed by atoms with Crippen LogP contribution in [0, 0.1) is 18.3 Å². The van der Waals surface area contributed by atoms with Crippen molar-refractivity contribution in [3.05, 3.63) is 102 Å². The molecule has 2 aromatic heterocycles. The molecule has 1 N–H and O–H groups in total. The Balaban J connectivity index is 1.71. The van der Waals surface area contributed by atoms with Gasteiger partial charge in [0.1, 0.15) is 23.1 Å². The minimum atomic E-state index is -0.461. The van der Waals surface area contributed by atoms with Gasteiger partial charge in [-0.2, -0.15) is 10.4 Å². The highest BCUT2D eigenvalue weighted by Crippen LogP contribution is 2.30. The van der Waals surface area contributed by atoms with E-state index >= 15 is 0 Å². The van der Waals surface area contributed by atoms with Crippen LogP contribution in [0.2, 0.25) is 0 Å². The van der Waals surface area contributed by atoms with Crippen molar-refractivity contribution in [2.75, 3.05) is 6.61 Å². The molecule has 0 saturated heterocycles. The van der Waals surface area contributed by atoms with Crippen molar-refractivity contribution in [3.63, 3.8) is 0 Å². The molecule has 2 aromatic carbocycles. The molecule has 4 rings (SSSR count). The summed E-state index contributed by atoms with van der Waals surface area (Å²) in [6, 6.07) is 21.2. The minimum absolute atomic E-state index is 0.00888. The number of benzene rings is 2. The van der Waals surface area contributed by atoms with Gasteiger partial charge in [-0.05, 0) is 67.4 Å². The minimum Gasteiger partial charge on any atom is -0.494 e. The SMILES string of the molecule is CCOc1ccc(-c2nn(-c3ccccc3)cc2C=C(C#N)C(=O)NCc2cccnc2)cc1C. The number of hydrogen-bond donors (Lipinski definition) is 1. The number of nitrogens with one attached hydrogen (secondary N) is 1. The summed E-state index contributed by atoms with van der Waals surface area (Å²) in [7, 11) is 0. The number of carbonyl (C=O) groups is 1. The lowest BCUT2D eigenvalue weighted by molar-refractivity contribution is -0.117. The zero-order valence-electron chi connectivity index (χ0n) is 19.6. The highest BCUT2D eigenvalue weighted by Gasteiger charge is 2.16. The molecule has 35 heavy (non-hydrogen) atoms. The van der Waals surface area contributed by atoms with Gasteiger partial charge in [0.25, 0.3) is 5.91 Å². The number of aromatic nitrogens is 3. The standard InChI is InChI=1S/C28H25N5O2/c1-3-35-26-12-11-22(14-20(26)2)27-24(19-33(32-27)25-9-5-4-6-10-25)15-23(16-29)28(34)31-18-21-8-7-13-30-17-21/h4-15,17,19H,3,18H2,1-2H3,(H,31,34). The van der Waals surface area contributed by atoms with E-state index in [0.29, 0.717) is 17.9 Å². The first-order valence-electron chi connectivity index (χ1n) is 11.3. The quantitative estimate of drug-likeness (QED) is 0.297. The summed E-state index contributed by atoms with van der Waals surface area (Å²) in [4.78, 5) is 16.8. The highest BCUT2D eigenvalue weighted by atomic mass is 16.5. The second-order valence-electron chi connectivity index (χ2n) is 7.84. The van der Waals surface area contributed by atoms with Crippen molar-refractivity contribution in [1.29, 1.82) is 5.26 Å². The van der Waals surface area contributed by atoms with E-state index in [1.54, 1.807) is 29.2 Å². The summed E-state index contributed by atoms with van der Waals surface area (Å²) in [5.74, 6) is 0.348. The van der Waals surface area contributed by atoms with Crippen LogP contribution >= 0.6 is 0 Å². The fraction of sp³-hybridized carbons (Fsp3) is 0.143. The average Bonchev–Trinajstić information content (AvgIpc) is 3.32. The maximum absolute atomic E-state index is 12.8. The van der Waals surface area contributed by atoms with Crippen LogP contribution in [-0.2, 0) is 11.3 Å². The van der Waals surface area contributed by atoms with E-state index in [1.807, 2.05) is 80.7 Å². The van der Waals surface area contributed by atoms with Crippen molar-refractivity contribution >= 4 is 12.0 Å². The molecule has 174 valence electrons. The smallest absolute Gasteiger partial charge is 0.262 e. The molecular weight excluding hydrogens is 438 g/mol. The summed E-state index contributed by atoms with van der Waals surface area (Å²) in [6.45, 7) is 4.78. The van der Waals surface area contributed by atoms with E-state index < -0.39 is 5.91 Å². The molecule has 4 aromatic rings. The van der Waals surface area contributed by atoms with E-state index in [1.165, 1.54) is 0 Å². The van der Waals surface area contributed by atoms with Crippen LogP contribution in [0.3, 0.4) is 0 Å². The molecule has 0 unspecified atom stereocenters. The molecule has 0 aliphatic rings. The predicted molar refractivity (Wildman–Crippen MR) is 135 cm³/mol. The fourth-order valence-electron chi connectivity index (χ4n) is 3.63. The number of rotatable bonds is 8. The Morgan fingerprint density at radius 3 is 2.69 bits per heavy atom. The maximum atomic E-state index is 12.8. The number of para-hydroxylation sites is 1. The third kappa shape index (κ3) is 5.63. The number of pyridine rings is 1. The monoisotopic (exact) mass is 463 g/mol. The molecule has 0 bridgehead atoms. The van der Waals surface area contributed by atoms with Gasteiger partial charge in [0.15, 0.2) is 0 Å². The zero-order valence-corrected chi connectivity index (χ0v) is 19.6. The lowest BCUT2D eigenvalue weighted by Gasteiger charge is -2.09. The lowest BCUT2D eigenvalue weighted by atomic mass is 10.0. The molecule has 1 amide bonds. The first-order valence-corrected chi connectivity index (χ1v) is 11.3. The number of aryl methyl sites for hydroxylation is 1. The number of nitrogens with zero attached hydrogens (tertiary/aromatic N) is 4. The summed E-state index contributed by atoms with van der Waals surface area (Å²) in [5, 5.41) is 17.3. The summed E-state index contributed by atoms with van der Waals surface area (Å²) in [6.07, 6.45) is 6.74. The van der Waals surface area contributed by atoms with Gasteiger partial charge in [-0.15, -0.1) is 0 Å². The molecule has 0 atom stereocenters. The van der Waals surface area contributed by atoms with Crippen molar-refractivity contribution in [2.24, 2.45) is 0 Å². The Hall–Kier alpha value is -4.70. The Morgan fingerprint density at radius 2 is 2.00 bits per heavy atom. The first kappa shape index (κ1) is 23.5. The molecule has 7 heteroatoms. The van der Waals surface area contributed by atoms with Gasteiger partial charge in [0.05, 0.1) is 12.3 Å². The second kappa shape index (κ2) is 10.9. The van der Waals surface area contributed by atoms with Gasteiger partial charge in [0.2, 0.25) is 0 Å². The van der Waals surface area contributed by atoms with Crippen LogP contribution in [0.15, 0.2) is 84.8 Å². The Bertz CT molecular complexity index is 1390. The molecular formula is C28H25N5O2. The van der Waals surface area contributed by atoms with Gasteiger partial charge < -0.3 is 10.1 Å². The van der Waals surface area contributed by atoms with Crippen molar-refractivity contribution < 1.29 is 9.53 Å². The lowest BCUT2D eigenvalue weighted by Crippen LogP contribution is -2.24. The second-order valence-corrected chi connectivity index (χ2v) is 7.84. The Morgan fingerprint density at radius 1 is 1.17 bits per heavy atom. The normalized spacial score (nSPS) is 11.1. The largest absolute Gasteiger partial charge is 0.494 e. The number of nitriles is 1. The van der Waals surface area contributed by atoms with Crippen LogP contribution in [-0.4, -0.2) is 27.3 Å². The number of amides is 1. The fourth-order valence-corrected chi connectivity index (χ4v) is 3.63. The highest BCUT2D eigenvalue weighted by molar-refractivity contribution is 6.02. The van der Waals surface area contributed by atoms with E-state index in [9.17, 15) is 10.1 Å². The topological polar surface area (TPSA) is 92.8 Å². The van der Waals surface area contributed by atoms with Gasteiger partial charge in [-0.1, -0.05) is 24.3 Å². The van der Waals surface area contributed by atoms with E-state index in [0.717, 1.165) is 28.1 Å². The Kier molecular flexibility index (Phi) is 7.34. The molecule has 0 aliphatic carbocycles.